The second-order valence-corrected chi connectivity index (χ2v) is 8.03. The maximum Gasteiger partial charge on any atom is 0.363 e. The molecule has 0 saturated heterocycles. The van der Waals surface area contributed by atoms with Gasteiger partial charge in [-0.05, 0) is 35.0 Å². The first-order valence-electron chi connectivity index (χ1n) is 8.69. The number of rotatable bonds is 3. The maximum absolute atomic E-state index is 14.0. The van der Waals surface area contributed by atoms with Crippen molar-refractivity contribution in [2.45, 2.75) is 4.90 Å². The van der Waals surface area contributed by atoms with E-state index >= 15 is 0 Å². The normalized spacial score (nSPS) is 11.8. The fourth-order valence-corrected chi connectivity index (χ4v) is 4.17. The lowest BCUT2D eigenvalue weighted by Gasteiger charge is -2.10. The van der Waals surface area contributed by atoms with Crippen molar-refractivity contribution in [3.63, 3.8) is 0 Å². The second-order valence-electron chi connectivity index (χ2n) is 6.57. The molecule has 33 heavy (non-hydrogen) atoms. The minimum atomic E-state index is -5.96. The average Bonchev–Trinajstić information content (AvgIpc) is 2.86. The number of nitrogens with zero attached hydrogens (tertiary/aromatic N) is 1. The van der Waals surface area contributed by atoms with Crippen LogP contribution >= 0.6 is 0 Å². The van der Waals surface area contributed by atoms with Crippen molar-refractivity contribution in [1.82, 2.24) is 4.73 Å². The molecule has 0 bridgehead atoms. The van der Waals surface area contributed by atoms with Gasteiger partial charge in [-0.15, -0.1) is 0 Å². The zero-order valence-corrected chi connectivity index (χ0v) is 16.5. The van der Waals surface area contributed by atoms with Crippen molar-refractivity contribution in [3.8, 4) is 0 Å². The summed E-state index contributed by atoms with van der Waals surface area (Å²) in [6.45, 7) is 0. The van der Waals surface area contributed by atoms with Crippen molar-refractivity contribution < 1.29 is 39.0 Å². The monoisotopic (exact) mass is 487 g/mol. The molecule has 0 aliphatic heterocycles. The highest BCUT2D eigenvalue weighted by Crippen LogP contribution is 2.27. The molecule has 4 rings (SSSR count). The van der Waals surface area contributed by atoms with Gasteiger partial charge >= 0.3 is 10.1 Å². The molecular weight excluding hydrogens is 480 g/mol. The third-order valence-corrected chi connectivity index (χ3v) is 5.82. The van der Waals surface area contributed by atoms with E-state index in [0.717, 1.165) is 24.3 Å². The summed E-state index contributed by atoms with van der Waals surface area (Å²) < 4.78 is 111. The molecule has 1 aromatic heterocycles. The fraction of sp³-hybridized carbons (Fsp3) is 0. The summed E-state index contributed by atoms with van der Waals surface area (Å²) in [5, 5.41) is -0.959. The van der Waals surface area contributed by atoms with E-state index in [1.807, 2.05) is 0 Å². The minimum Gasteiger partial charge on any atom is -0.277 e. The van der Waals surface area contributed by atoms with E-state index < -0.39 is 71.2 Å². The molecular formula is C20H7F6NO5S. The summed E-state index contributed by atoms with van der Waals surface area (Å²) in [7, 11) is -5.96. The Hall–Kier alpha value is -3.87. The van der Waals surface area contributed by atoms with Gasteiger partial charge in [-0.1, -0.05) is 22.9 Å². The Kier molecular flexibility index (Phi) is 5.16. The molecule has 0 atom stereocenters. The van der Waals surface area contributed by atoms with E-state index in [-0.39, 0.29) is 16.2 Å². The Morgan fingerprint density at radius 3 is 1.70 bits per heavy atom. The van der Waals surface area contributed by atoms with Crippen LogP contribution in [0.2, 0.25) is 0 Å². The van der Waals surface area contributed by atoms with Gasteiger partial charge in [0.25, 0.3) is 11.1 Å². The second kappa shape index (κ2) is 7.62. The van der Waals surface area contributed by atoms with E-state index in [1.54, 1.807) is 0 Å². The summed E-state index contributed by atoms with van der Waals surface area (Å²) in [4.78, 5) is 23.4. The van der Waals surface area contributed by atoms with Crippen molar-refractivity contribution in [2.24, 2.45) is 0 Å². The highest BCUT2D eigenvalue weighted by Gasteiger charge is 2.36. The van der Waals surface area contributed by atoms with Gasteiger partial charge in [-0.3, -0.25) is 13.9 Å². The van der Waals surface area contributed by atoms with E-state index in [2.05, 4.69) is 4.28 Å². The van der Waals surface area contributed by atoms with Gasteiger partial charge in [0.15, 0.2) is 28.2 Å². The molecule has 0 unspecified atom stereocenters. The number of hydrogen-bond acceptors (Lipinski definition) is 5. The molecule has 0 aliphatic carbocycles. The Labute approximate surface area is 179 Å². The molecule has 3 aromatic carbocycles. The molecule has 0 amide bonds. The third-order valence-electron chi connectivity index (χ3n) is 4.62. The van der Waals surface area contributed by atoms with Crippen molar-refractivity contribution in [3.05, 3.63) is 98.1 Å². The number of aromatic nitrogens is 1. The lowest BCUT2D eigenvalue weighted by Crippen LogP contribution is -2.39. The summed E-state index contributed by atoms with van der Waals surface area (Å²) in [5.41, 5.74) is -2.96. The van der Waals surface area contributed by atoms with Crippen LogP contribution in [0.25, 0.3) is 21.5 Å². The zero-order chi connectivity index (χ0) is 24.2. The molecule has 0 radical (unpaired) electrons. The van der Waals surface area contributed by atoms with Gasteiger partial charge in [0, 0.05) is 0 Å². The lowest BCUT2D eigenvalue weighted by atomic mass is 10.1. The standard InChI is InChI=1S/C20H7F6NO5S/c21-8-5-6-11-12(7-8)9-3-1-2-4-10(9)19(28)27(20(11)29)32-33(30,31)18-16(25)14(23)13(22)15(24)17(18)26/h1-7H. The SMILES string of the molecule is O=c1c2ccccc2c2cc(F)ccc2c(=O)n1OS(=O)(=O)c1c(F)c(F)c(F)c(F)c1F. The zero-order valence-electron chi connectivity index (χ0n) is 15.7. The topological polar surface area (TPSA) is 82.4 Å². The summed E-state index contributed by atoms with van der Waals surface area (Å²) in [6.07, 6.45) is 0. The summed E-state index contributed by atoms with van der Waals surface area (Å²) in [5.74, 6) is -14.1. The number of halogens is 6. The summed E-state index contributed by atoms with van der Waals surface area (Å²) in [6, 6.07) is 7.74. The number of fused-ring (bicyclic) bond motifs is 3. The van der Waals surface area contributed by atoms with Crippen LogP contribution in [0.1, 0.15) is 0 Å². The van der Waals surface area contributed by atoms with Crippen LogP contribution in [0.5, 0.6) is 0 Å². The predicted molar refractivity (Wildman–Crippen MR) is 102 cm³/mol. The van der Waals surface area contributed by atoms with E-state index in [4.69, 9.17) is 0 Å². The molecule has 0 spiro atoms. The van der Waals surface area contributed by atoms with Crippen LogP contribution in [-0.4, -0.2) is 13.1 Å². The number of benzene rings is 3. The van der Waals surface area contributed by atoms with E-state index in [0.29, 0.717) is 0 Å². The smallest absolute Gasteiger partial charge is 0.277 e. The van der Waals surface area contributed by atoms with Crippen molar-refractivity contribution in [1.29, 1.82) is 0 Å². The van der Waals surface area contributed by atoms with Crippen molar-refractivity contribution in [2.75, 3.05) is 0 Å². The molecule has 170 valence electrons. The first kappa shape index (κ1) is 22.3. The molecule has 6 nitrogen and oxygen atoms in total. The van der Waals surface area contributed by atoms with Gasteiger partial charge in [-0.25, -0.2) is 26.3 Å². The highest BCUT2D eigenvalue weighted by atomic mass is 32.2. The molecule has 4 aromatic rings. The first-order chi connectivity index (χ1) is 15.5. The lowest BCUT2D eigenvalue weighted by molar-refractivity contribution is 0.255. The van der Waals surface area contributed by atoms with Crippen LogP contribution in [0.15, 0.2) is 56.9 Å². The molecule has 0 fully saturated rings. The van der Waals surface area contributed by atoms with Gasteiger partial charge in [0.2, 0.25) is 5.82 Å². The number of hydrogen-bond donors (Lipinski definition) is 0. The van der Waals surface area contributed by atoms with Crippen LogP contribution in [-0.2, 0) is 10.1 Å². The molecule has 1 heterocycles. The Morgan fingerprint density at radius 1 is 0.636 bits per heavy atom. The first-order valence-corrected chi connectivity index (χ1v) is 10.1. The third kappa shape index (κ3) is 3.40. The van der Waals surface area contributed by atoms with Crippen LogP contribution in [0, 0.1) is 34.9 Å². The minimum absolute atomic E-state index is 0.00919. The summed E-state index contributed by atoms with van der Waals surface area (Å²) >= 11 is 0. The Morgan fingerprint density at radius 2 is 1.12 bits per heavy atom. The van der Waals surface area contributed by atoms with Gasteiger partial charge in [0.1, 0.15) is 5.82 Å². The van der Waals surface area contributed by atoms with Crippen LogP contribution < -0.4 is 15.4 Å². The van der Waals surface area contributed by atoms with Gasteiger partial charge in [-0.2, -0.15) is 8.42 Å². The highest BCUT2D eigenvalue weighted by molar-refractivity contribution is 7.87. The fourth-order valence-electron chi connectivity index (χ4n) is 3.15. The van der Waals surface area contributed by atoms with E-state index in [1.165, 1.54) is 18.2 Å². The maximum atomic E-state index is 14.0. The van der Waals surface area contributed by atoms with Gasteiger partial charge in [0.05, 0.1) is 10.8 Å². The van der Waals surface area contributed by atoms with Crippen molar-refractivity contribution >= 4 is 31.7 Å². The van der Waals surface area contributed by atoms with Gasteiger partial charge < -0.3 is 0 Å². The largest absolute Gasteiger partial charge is 0.363 e. The predicted octanol–water partition coefficient (Wildman–Crippen LogP) is 3.17. The average molecular weight is 487 g/mol. The molecule has 13 heteroatoms. The quantitative estimate of drug-likeness (QED) is 0.252. The molecule has 0 saturated carbocycles. The van der Waals surface area contributed by atoms with E-state index in [9.17, 15) is 44.3 Å². The molecule has 0 N–H and O–H groups in total. The Balaban J connectivity index is 2.10. The van der Waals surface area contributed by atoms with Crippen LogP contribution in [0.3, 0.4) is 0 Å². The van der Waals surface area contributed by atoms with Crippen LogP contribution in [0.4, 0.5) is 26.3 Å². The Bertz CT molecular complexity index is 1690. The molecule has 0 aliphatic rings.